The molecule has 1 aromatic carbocycles. The topological polar surface area (TPSA) is 52.1 Å². The fourth-order valence-corrected chi connectivity index (χ4v) is 2.39. The zero-order chi connectivity index (χ0) is 12.3. The molecular formula is C11H9BrN2O2S. The van der Waals surface area contributed by atoms with Gasteiger partial charge in [-0.3, -0.25) is 0 Å². The summed E-state index contributed by atoms with van der Waals surface area (Å²) >= 11 is 4.57. The average Bonchev–Trinajstić information content (AvgIpc) is 2.78. The van der Waals surface area contributed by atoms with Crippen LogP contribution < -0.4 is 0 Å². The lowest BCUT2D eigenvalue weighted by Crippen LogP contribution is -2.06. The number of carbonyl (C=O) groups is 1. The van der Waals surface area contributed by atoms with Crippen molar-refractivity contribution < 1.29 is 9.53 Å². The Hall–Kier alpha value is -1.27. The zero-order valence-electron chi connectivity index (χ0n) is 9.01. The third-order valence-corrected chi connectivity index (χ3v) is 3.31. The Balaban J connectivity index is 2.40. The van der Waals surface area contributed by atoms with Gasteiger partial charge in [-0.2, -0.15) is 0 Å². The van der Waals surface area contributed by atoms with E-state index in [1.54, 1.807) is 6.92 Å². The molecule has 0 bridgehead atoms. The van der Waals surface area contributed by atoms with Crippen molar-refractivity contribution in [2.24, 2.45) is 0 Å². The van der Waals surface area contributed by atoms with Gasteiger partial charge in [0.1, 0.15) is 0 Å². The van der Waals surface area contributed by atoms with Crippen molar-refractivity contribution in [3.8, 4) is 10.4 Å². The third kappa shape index (κ3) is 2.70. The van der Waals surface area contributed by atoms with Crippen molar-refractivity contribution in [2.75, 3.05) is 6.61 Å². The molecule has 0 aliphatic rings. The number of benzene rings is 1. The summed E-state index contributed by atoms with van der Waals surface area (Å²) in [4.78, 5) is 12.4. The van der Waals surface area contributed by atoms with Crippen LogP contribution in [-0.4, -0.2) is 22.2 Å². The van der Waals surface area contributed by atoms with E-state index < -0.39 is 5.97 Å². The molecule has 0 saturated heterocycles. The summed E-state index contributed by atoms with van der Waals surface area (Å²) in [6, 6.07) is 7.64. The number of nitrogens with zero attached hydrogens (tertiary/aromatic N) is 2. The molecule has 2 aromatic rings. The zero-order valence-corrected chi connectivity index (χ0v) is 11.4. The van der Waals surface area contributed by atoms with E-state index in [2.05, 4.69) is 25.5 Å². The predicted molar refractivity (Wildman–Crippen MR) is 69.0 cm³/mol. The van der Waals surface area contributed by atoms with E-state index >= 15 is 0 Å². The van der Waals surface area contributed by atoms with Gasteiger partial charge >= 0.3 is 5.97 Å². The first-order chi connectivity index (χ1) is 8.22. The summed E-state index contributed by atoms with van der Waals surface area (Å²) in [5.41, 5.74) is 1.17. The van der Waals surface area contributed by atoms with Gasteiger partial charge < -0.3 is 4.74 Å². The Bertz CT molecular complexity index is 542. The second-order valence-electron chi connectivity index (χ2n) is 3.18. The van der Waals surface area contributed by atoms with Crippen LogP contribution in [0.3, 0.4) is 0 Å². The number of rotatable bonds is 3. The summed E-state index contributed by atoms with van der Waals surface area (Å²) in [5, 5.41) is 3.82. The Labute approximate surface area is 111 Å². The second-order valence-corrected chi connectivity index (χ2v) is 4.85. The van der Waals surface area contributed by atoms with Gasteiger partial charge in [-0.05, 0) is 36.2 Å². The lowest BCUT2D eigenvalue weighted by Gasteiger charge is -2.01. The lowest BCUT2D eigenvalue weighted by atomic mass is 10.1. The van der Waals surface area contributed by atoms with Crippen LogP contribution in [0.1, 0.15) is 17.4 Å². The van der Waals surface area contributed by atoms with E-state index in [0.29, 0.717) is 6.61 Å². The van der Waals surface area contributed by atoms with Crippen LogP contribution >= 0.6 is 27.5 Å². The Kier molecular flexibility index (Phi) is 3.86. The number of hydrogen-bond donors (Lipinski definition) is 0. The molecule has 0 aliphatic heterocycles. The monoisotopic (exact) mass is 312 g/mol. The average molecular weight is 313 g/mol. The number of carbonyl (C=O) groups excluding carboxylic acids is 1. The maximum absolute atomic E-state index is 11.7. The van der Waals surface area contributed by atoms with Crippen LogP contribution in [0, 0.1) is 0 Å². The largest absolute Gasteiger partial charge is 0.461 e. The molecule has 0 N–H and O–H groups in total. The van der Waals surface area contributed by atoms with Crippen molar-refractivity contribution in [1.82, 2.24) is 9.59 Å². The fraction of sp³-hybridized carbons (Fsp3) is 0.182. The number of hydrogen-bond acceptors (Lipinski definition) is 5. The second kappa shape index (κ2) is 5.37. The number of esters is 1. The minimum Gasteiger partial charge on any atom is -0.461 e. The molecule has 2 rings (SSSR count). The van der Waals surface area contributed by atoms with Crippen molar-refractivity contribution in [1.29, 1.82) is 0 Å². The minimum absolute atomic E-state index is 0.273. The van der Waals surface area contributed by atoms with Crippen molar-refractivity contribution in [2.45, 2.75) is 6.92 Å². The van der Waals surface area contributed by atoms with Gasteiger partial charge in [0.2, 0.25) is 0 Å². The molecule has 0 atom stereocenters. The Morgan fingerprint density at radius 3 is 3.06 bits per heavy atom. The van der Waals surface area contributed by atoms with E-state index in [9.17, 15) is 4.79 Å². The van der Waals surface area contributed by atoms with E-state index in [1.807, 2.05) is 24.3 Å². The maximum Gasteiger partial charge on any atom is 0.360 e. The van der Waals surface area contributed by atoms with Crippen LogP contribution in [0.25, 0.3) is 10.4 Å². The van der Waals surface area contributed by atoms with Gasteiger partial charge in [0.25, 0.3) is 0 Å². The molecule has 0 fully saturated rings. The molecular weight excluding hydrogens is 304 g/mol. The van der Waals surface area contributed by atoms with Crippen LogP contribution in [0.4, 0.5) is 0 Å². The minimum atomic E-state index is -0.434. The molecule has 0 unspecified atom stereocenters. The van der Waals surface area contributed by atoms with Crippen LogP contribution in [0.15, 0.2) is 28.7 Å². The van der Waals surface area contributed by atoms with Crippen LogP contribution in [0.5, 0.6) is 0 Å². The SMILES string of the molecule is CCOC(=O)c1nnsc1-c1cccc(Br)c1. The van der Waals surface area contributed by atoms with Crippen molar-refractivity contribution in [3.05, 3.63) is 34.4 Å². The van der Waals surface area contributed by atoms with Crippen LogP contribution in [-0.2, 0) is 4.74 Å². The molecule has 4 nitrogen and oxygen atoms in total. The van der Waals surface area contributed by atoms with Gasteiger partial charge in [-0.1, -0.05) is 32.6 Å². The standard InChI is InChI=1S/C11H9BrN2O2S/c1-2-16-11(15)9-10(17-14-13-9)7-4-3-5-8(12)6-7/h3-6H,2H2,1H3. The number of ether oxygens (including phenoxy) is 1. The highest BCUT2D eigenvalue weighted by molar-refractivity contribution is 9.10. The first-order valence-electron chi connectivity index (χ1n) is 4.97. The molecule has 88 valence electrons. The number of aromatic nitrogens is 2. The Morgan fingerprint density at radius 2 is 2.35 bits per heavy atom. The molecule has 0 radical (unpaired) electrons. The van der Waals surface area contributed by atoms with E-state index in [0.717, 1.165) is 14.9 Å². The van der Waals surface area contributed by atoms with E-state index in [1.165, 1.54) is 11.5 Å². The molecule has 0 amide bonds. The predicted octanol–water partition coefficient (Wildman–Crippen LogP) is 3.14. The fourth-order valence-electron chi connectivity index (χ4n) is 1.34. The van der Waals surface area contributed by atoms with Gasteiger partial charge in [0.05, 0.1) is 11.5 Å². The normalized spacial score (nSPS) is 10.2. The molecule has 0 saturated carbocycles. The molecule has 0 aliphatic carbocycles. The molecule has 1 aromatic heterocycles. The summed E-state index contributed by atoms with van der Waals surface area (Å²) in [6.07, 6.45) is 0. The summed E-state index contributed by atoms with van der Waals surface area (Å²) < 4.78 is 9.68. The highest BCUT2D eigenvalue weighted by atomic mass is 79.9. The lowest BCUT2D eigenvalue weighted by molar-refractivity contribution is 0.0520. The van der Waals surface area contributed by atoms with E-state index in [4.69, 9.17) is 4.74 Å². The number of halogens is 1. The van der Waals surface area contributed by atoms with E-state index in [-0.39, 0.29) is 5.69 Å². The highest BCUT2D eigenvalue weighted by Crippen LogP contribution is 2.28. The third-order valence-electron chi connectivity index (χ3n) is 2.04. The van der Waals surface area contributed by atoms with Crippen molar-refractivity contribution >= 4 is 33.4 Å². The van der Waals surface area contributed by atoms with Gasteiger partial charge in [0.15, 0.2) is 5.69 Å². The Morgan fingerprint density at radius 1 is 1.53 bits per heavy atom. The molecule has 6 heteroatoms. The summed E-state index contributed by atoms with van der Waals surface area (Å²) in [5.74, 6) is -0.434. The molecule has 1 heterocycles. The first kappa shape index (κ1) is 12.2. The highest BCUT2D eigenvalue weighted by Gasteiger charge is 2.18. The molecule has 0 spiro atoms. The summed E-state index contributed by atoms with van der Waals surface area (Å²) in [6.45, 7) is 2.09. The van der Waals surface area contributed by atoms with Crippen molar-refractivity contribution in [3.63, 3.8) is 0 Å². The summed E-state index contributed by atoms with van der Waals surface area (Å²) in [7, 11) is 0. The van der Waals surface area contributed by atoms with Gasteiger partial charge in [-0.15, -0.1) is 5.10 Å². The molecule has 17 heavy (non-hydrogen) atoms. The first-order valence-corrected chi connectivity index (χ1v) is 6.54. The van der Waals surface area contributed by atoms with Gasteiger partial charge in [-0.25, -0.2) is 4.79 Å². The van der Waals surface area contributed by atoms with Gasteiger partial charge in [0, 0.05) is 4.47 Å². The van der Waals surface area contributed by atoms with Crippen LogP contribution in [0.2, 0.25) is 0 Å². The quantitative estimate of drug-likeness (QED) is 0.817. The maximum atomic E-state index is 11.7. The smallest absolute Gasteiger partial charge is 0.360 e.